The maximum atomic E-state index is 12.2. The average Bonchev–Trinajstić information content (AvgIpc) is 2.48. The molecule has 0 N–H and O–H groups in total. The molecule has 0 aliphatic heterocycles. The minimum absolute atomic E-state index is 0. The summed E-state index contributed by atoms with van der Waals surface area (Å²) < 4.78 is 30.7. The second-order valence-electron chi connectivity index (χ2n) is 3.62. The fourth-order valence-corrected chi connectivity index (χ4v) is 3.10. The standard InChI is InChI=1S/C11H16N3O3S.3ClH.Zn/c1-4-14(5-2)18(15,16)9-6-7-11(17-3)10(8-9)13-12;;;;/h6-8H,4-5H2,1-3H3;3*1H;/q+1;;;;+2/p-3. The molecule has 22 heavy (non-hydrogen) atoms. The molecule has 0 saturated carbocycles. The summed E-state index contributed by atoms with van der Waals surface area (Å²) in [6.07, 6.45) is 0. The number of nitrogens with zero attached hydrogens (tertiary/aromatic N) is 3. The van der Waals surface area contributed by atoms with Crippen LogP contribution in [0.5, 0.6) is 5.75 Å². The van der Waals surface area contributed by atoms with Crippen molar-refractivity contribution < 1.29 is 40.7 Å². The number of ether oxygens (including phenoxy) is 1. The minimum atomic E-state index is -3.55. The third-order valence-electron chi connectivity index (χ3n) is 2.60. The number of hydrogen-bond acceptors (Lipinski definition) is 4. The van der Waals surface area contributed by atoms with E-state index in [-0.39, 0.29) is 23.0 Å². The Kier molecular flexibility index (Phi) is 13.5. The van der Waals surface area contributed by atoms with E-state index in [4.69, 9.17) is 29.5 Å². The topological polar surface area (TPSA) is 74.8 Å². The zero-order valence-electron chi connectivity index (χ0n) is 12.5. The second-order valence-corrected chi connectivity index (χ2v) is 10.2. The molecule has 0 aromatic heterocycles. The van der Waals surface area contributed by atoms with Crippen LogP contribution in [0.25, 0.3) is 4.98 Å². The van der Waals surface area contributed by atoms with Crippen molar-refractivity contribution in [3.8, 4) is 5.75 Å². The summed E-state index contributed by atoms with van der Waals surface area (Å²) in [7, 11) is 7.77. The number of rotatable bonds is 5. The first-order valence-corrected chi connectivity index (χ1v) is 15.3. The Morgan fingerprint density at radius 3 is 2.18 bits per heavy atom. The molecule has 1 rings (SSSR count). The van der Waals surface area contributed by atoms with Crippen molar-refractivity contribution in [3.63, 3.8) is 0 Å². The first-order valence-electron chi connectivity index (χ1n) is 6.08. The molecule has 0 aliphatic carbocycles. The first-order chi connectivity index (χ1) is 9.92. The van der Waals surface area contributed by atoms with Gasteiger partial charge in [0.25, 0.3) is 0 Å². The van der Waals surface area contributed by atoms with Crippen LogP contribution in [-0.2, 0) is 25.2 Å². The maximum absolute atomic E-state index is 12.2. The zero-order valence-corrected chi connectivity index (χ0v) is 18.5. The summed E-state index contributed by atoms with van der Waals surface area (Å²) in [5.74, 6) is 0.316. The van der Waals surface area contributed by atoms with Crippen molar-refractivity contribution in [2.45, 2.75) is 18.7 Å². The van der Waals surface area contributed by atoms with Crippen LogP contribution in [0, 0.1) is 5.39 Å². The number of sulfonamides is 1. The van der Waals surface area contributed by atoms with Crippen molar-refractivity contribution in [2.75, 3.05) is 20.2 Å². The molecule has 0 spiro atoms. The Balaban J connectivity index is 0. The van der Waals surface area contributed by atoms with Crippen molar-refractivity contribution in [3.05, 3.63) is 23.2 Å². The van der Waals surface area contributed by atoms with Gasteiger partial charge in [0.2, 0.25) is 21.2 Å². The molecule has 6 nitrogen and oxygen atoms in total. The van der Waals surface area contributed by atoms with Crippen LogP contribution >= 0.6 is 19.4 Å². The summed E-state index contributed by atoms with van der Waals surface area (Å²) in [4.78, 5) is 3.10. The third-order valence-corrected chi connectivity index (χ3v) is 4.65. The van der Waals surface area contributed by atoms with E-state index in [0.717, 1.165) is 0 Å². The molecule has 0 fully saturated rings. The van der Waals surface area contributed by atoms with E-state index in [9.17, 15) is 8.42 Å². The van der Waals surface area contributed by atoms with E-state index >= 15 is 0 Å². The van der Waals surface area contributed by atoms with Crippen molar-refractivity contribution in [1.82, 2.24) is 4.31 Å². The predicted molar refractivity (Wildman–Crippen MR) is 79.6 cm³/mol. The summed E-state index contributed by atoms with van der Waals surface area (Å²) in [5, 5.41) is 8.83. The fourth-order valence-electron chi connectivity index (χ4n) is 1.62. The molecule has 1 aromatic carbocycles. The average molecular weight is 442 g/mol. The molecule has 0 radical (unpaired) electrons. The van der Waals surface area contributed by atoms with Gasteiger partial charge in [0.15, 0.2) is 4.98 Å². The molecule has 11 heteroatoms. The van der Waals surface area contributed by atoms with Gasteiger partial charge in [-0.2, -0.15) is 4.31 Å². The Bertz CT molecular complexity index is 592. The molecule has 0 bridgehead atoms. The van der Waals surface area contributed by atoms with Crippen molar-refractivity contribution in [2.24, 2.45) is 0 Å². The van der Waals surface area contributed by atoms with Crippen LogP contribution in [0.3, 0.4) is 0 Å². The predicted octanol–water partition coefficient (Wildman–Crippen LogP) is 0.591. The van der Waals surface area contributed by atoms with Gasteiger partial charge in [-0.05, 0) is 12.1 Å². The van der Waals surface area contributed by atoms with Crippen LogP contribution in [0.1, 0.15) is 13.8 Å². The number of halogens is 3. The van der Waals surface area contributed by atoms with Crippen LogP contribution in [0.4, 0.5) is 5.69 Å². The summed E-state index contributed by atoms with van der Waals surface area (Å²) in [5.41, 5.74) is 0.0886. The molecule has 0 amide bonds. The van der Waals surface area contributed by atoms with Gasteiger partial charge in [-0.25, -0.2) is 8.42 Å². The van der Waals surface area contributed by atoms with Gasteiger partial charge in [0.05, 0.1) is 18.1 Å². The fraction of sp³-hybridized carbons (Fsp3) is 0.455. The molecular weight excluding hydrogens is 426 g/mol. The van der Waals surface area contributed by atoms with Gasteiger partial charge >= 0.3 is 40.2 Å². The molecule has 0 saturated heterocycles. The summed E-state index contributed by atoms with van der Waals surface area (Å²) >= 11 is -0.931. The molecule has 122 valence electrons. The van der Waals surface area contributed by atoms with E-state index in [1.807, 2.05) is 0 Å². The van der Waals surface area contributed by atoms with Crippen LogP contribution in [0.15, 0.2) is 23.1 Å². The number of diazo groups is 1. The second kappa shape index (κ2) is 12.3. The van der Waals surface area contributed by atoms with E-state index in [2.05, 4.69) is 4.98 Å². The Hall–Kier alpha value is -0.157. The van der Waals surface area contributed by atoms with Crippen molar-refractivity contribution >= 4 is 35.1 Å². The van der Waals surface area contributed by atoms with Crippen LogP contribution < -0.4 is 17.1 Å². The quantitative estimate of drug-likeness (QED) is 0.495. The molecule has 0 atom stereocenters. The van der Waals surface area contributed by atoms with Gasteiger partial charge in [0, 0.05) is 13.1 Å². The van der Waals surface area contributed by atoms with Gasteiger partial charge in [0.1, 0.15) is 0 Å². The molecule has 0 aliphatic rings. The van der Waals surface area contributed by atoms with Crippen molar-refractivity contribution in [1.29, 1.82) is 5.39 Å². The van der Waals surface area contributed by atoms with Gasteiger partial charge in [-0.3, -0.25) is 0 Å². The van der Waals surface area contributed by atoms with E-state index in [1.165, 1.54) is 29.6 Å². The zero-order chi connectivity index (χ0) is 16.5. The Morgan fingerprint density at radius 2 is 1.82 bits per heavy atom. The third kappa shape index (κ3) is 6.53. The number of benzene rings is 1. The van der Waals surface area contributed by atoms with E-state index in [0.29, 0.717) is 18.8 Å². The van der Waals surface area contributed by atoms with Gasteiger partial charge in [-0.15, -0.1) is 0 Å². The SMILES string of the molecule is CCN(CC)S(=O)(=O)c1ccc(OC)c([N+]#N)c1.[Cl-].[Cl][Zn][Cl]. The summed E-state index contributed by atoms with van der Waals surface area (Å²) in [6, 6.07) is 4.18. The Morgan fingerprint density at radius 1 is 1.32 bits per heavy atom. The molecule has 0 heterocycles. The number of hydrogen-bond donors (Lipinski definition) is 0. The summed E-state index contributed by atoms with van der Waals surface area (Å²) in [6.45, 7) is 4.30. The molecule has 1 aromatic rings. The van der Waals surface area contributed by atoms with Gasteiger partial charge in [-0.1, -0.05) is 13.8 Å². The Labute approximate surface area is 152 Å². The first kappa shape index (κ1) is 24.1. The van der Waals surface area contributed by atoms with Gasteiger partial charge < -0.3 is 17.1 Å². The van der Waals surface area contributed by atoms with E-state index in [1.54, 1.807) is 13.8 Å². The normalized spacial score (nSPS) is 9.68. The van der Waals surface area contributed by atoms with Crippen LogP contribution in [0.2, 0.25) is 0 Å². The van der Waals surface area contributed by atoms with E-state index < -0.39 is 25.2 Å². The monoisotopic (exact) mass is 439 g/mol. The van der Waals surface area contributed by atoms with Crippen LogP contribution in [-0.4, -0.2) is 32.9 Å². The molecular formula is C11H16Cl3N3O3SZn. The number of methoxy groups -OCH3 is 1. The molecule has 0 unspecified atom stereocenters.